The van der Waals surface area contributed by atoms with E-state index in [0.717, 1.165) is 12.1 Å². The highest BCUT2D eigenvalue weighted by molar-refractivity contribution is 7.88. The van der Waals surface area contributed by atoms with Gasteiger partial charge in [-0.15, -0.1) is 0 Å². The number of aliphatic hydroxyl groups excluding tert-OH is 2. The van der Waals surface area contributed by atoms with Crippen LogP contribution in [0.5, 0.6) is 5.75 Å². The second kappa shape index (κ2) is 8.10. The summed E-state index contributed by atoms with van der Waals surface area (Å²) in [6.45, 7) is 2.28. The van der Waals surface area contributed by atoms with E-state index in [1.807, 2.05) is 0 Å². The molecule has 1 aromatic rings. The summed E-state index contributed by atoms with van der Waals surface area (Å²) in [6.07, 6.45) is 0. The van der Waals surface area contributed by atoms with Crippen LogP contribution in [0.25, 0.3) is 0 Å². The number of benzene rings is 1. The van der Waals surface area contributed by atoms with Gasteiger partial charge >= 0.3 is 30.7 Å². The molecule has 0 aliphatic carbocycles. The van der Waals surface area contributed by atoms with Crippen LogP contribution in [0.2, 0.25) is 0 Å². The zero-order valence-electron chi connectivity index (χ0n) is 16.7. The topological polar surface area (TPSA) is 138 Å². The molecule has 1 unspecified atom stereocenters. The average molecular weight is 500 g/mol. The number of aliphatic hydroxyl groups is 2. The third-order valence-electron chi connectivity index (χ3n) is 4.37. The predicted octanol–water partition coefficient (Wildman–Crippen LogP) is 2.48. The normalized spacial score (nSPS) is 16.1. The van der Waals surface area contributed by atoms with Crippen LogP contribution < -0.4 is 4.18 Å². The van der Waals surface area contributed by atoms with E-state index in [4.69, 9.17) is 4.55 Å². The quantitative estimate of drug-likeness (QED) is 0.281. The molecule has 0 heterocycles. The highest BCUT2D eigenvalue weighted by Gasteiger charge is 2.78. The van der Waals surface area contributed by atoms with Crippen molar-refractivity contribution in [2.45, 2.75) is 62.5 Å². The van der Waals surface area contributed by atoms with Gasteiger partial charge in [0.05, 0.1) is 13.2 Å². The molecule has 1 atom stereocenters. The third-order valence-corrected chi connectivity index (χ3v) is 6.80. The van der Waals surface area contributed by atoms with Gasteiger partial charge in [-0.3, -0.25) is 4.55 Å². The number of rotatable bonds is 8. The minimum Gasteiger partial charge on any atom is -0.392 e. The molecule has 31 heavy (non-hydrogen) atoms. The molecule has 15 heteroatoms. The second-order valence-corrected chi connectivity index (χ2v) is 10.8. The van der Waals surface area contributed by atoms with Crippen molar-refractivity contribution < 1.29 is 57.7 Å². The molecule has 1 rings (SSSR count). The van der Waals surface area contributed by atoms with Crippen LogP contribution in [0.1, 0.15) is 44.4 Å². The molecule has 0 aromatic heterocycles. The molecule has 0 saturated heterocycles. The Bertz CT molecular complexity index is 1020. The molecule has 0 spiro atoms. The monoisotopic (exact) mass is 500 g/mol. The van der Waals surface area contributed by atoms with Crippen LogP contribution in [0.4, 0.5) is 22.0 Å². The summed E-state index contributed by atoms with van der Waals surface area (Å²) >= 11 is 0. The van der Waals surface area contributed by atoms with Crippen LogP contribution in [0, 0.1) is 0 Å². The van der Waals surface area contributed by atoms with Crippen molar-refractivity contribution in [2.24, 2.45) is 0 Å². The van der Waals surface area contributed by atoms with Gasteiger partial charge in [0.25, 0.3) is 5.67 Å². The lowest BCUT2D eigenvalue weighted by Crippen LogP contribution is -2.62. The first kappa shape index (κ1) is 27.5. The highest BCUT2D eigenvalue weighted by Crippen LogP contribution is 2.50. The van der Waals surface area contributed by atoms with Crippen molar-refractivity contribution in [3.63, 3.8) is 0 Å². The van der Waals surface area contributed by atoms with Gasteiger partial charge in [0, 0.05) is 11.1 Å². The maximum Gasteiger partial charge on any atom is 0.420 e. The summed E-state index contributed by atoms with van der Waals surface area (Å²) in [5, 5.41) is 6.47. The maximum absolute atomic E-state index is 14.4. The van der Waals surface area contributed by atoms with E-state index in [9.17, 15) is 49.0 Å². The molecule has 0 bridgehead atoms. The number of alkyl halides is 5. The van der Waals surface area contributed by atoms with E-state index in [1.165, 1.54) is 0 Å². The van der Waals surface area contributed by atoms with Crippen molar-refractivity contribution in [1.29, 1.82) is 0 Å². The lowest BCUT2D eigenvalue weighted by atomic mass is 9.85. The minimum atomic E-state index is -6.81. The van der Waals surface area contributed by atoms with Crippen LogP contribution in [-0.2, 0) is 38.9 Å². The van der Waals surface area contributed by atoms with Gasteiger partial charge in [-0.05, 0) is 30.0 Å². The molecule has 8 nitrogen and oxygen atoms in total. The van der Waals surface area contributed by atoms with Crippen LogP contribution >= 0.6 is 0 Å². The van der Waals surface area contributed by atoms with E-state index in [1.54, 1.807) is 20.8 Å². The summed E-state index contributed by atoms with van der Waals surface area (Å²) < 4.78 is 128. The van der Waals surface area contributed by atoms with Gasteiger partial charge in [-0.2, -0.15) is 34.4 Å². The summed E-state index contributed by atoms with van der Waals surface area (Å²) in [5.41, 5.74) is -6.85. The zero-order chi connectivity index (χ0) is 24.8. The van der Waals surface area contributed by atoms with Crippen molar-refractivity contribution >= 4 is 20.2 Å². The predicted molar refractivity (Wildman–Crippen MR) is 97.5 cm³/mol. The smallest absolute Gasteiger partial charge is 0.392 e. The fourth-order valence-electron chi connectivity index (χ4n) is 2.34. The van der Waals surface area contributed by atoms with Crippen LogP contribution in [0.3, 0.4) is 0 Å². The first-order valence-electron chi connectivity index (χ1n) is 8.32. The van der Waals surface area contributed by atoms with E-state index in [0.29, 0.717) is 5.56 Å². The van der Waals surface area contributed by atoms with Gasteiger partial charge in [-0.25, -0.2) is 4.39 Å². The molecule has 1 aromatic carbocycles. The maximum atomic E-state index is 14.4. The minimum absolute atomic E-state index is 0.394. The van der Waals surface area contributed by atoms with E-state index >= 15 is 0 Å². The highest BCUT2D eigenvalue weighted by atomic mass is 32.2. The Hall–Kier alpha value is -1.55. The fraction of sp³-hybridized carbons (Fsp3) is 0.625. The Morgan fingerprint density at radius 3 is 1.52 bits per heavy atom. The summed E-state index contributed by atoms with van der Waals surface area (Å²) in [5.74, 6) is -1.08. The SMILES string of the molecule is CC(C)(C)c1cc(CO)c(OS(=O)(=O)C(F)(F)C(C)(F)C(F)(F)S(=O)(=O)O)c(CO)c1. The van der Waals surface area contributed by atoms with Gasteiger partial charge in [0.1, 0.15) is 0 Å². The molecule has 3 N–H and O–H groups in total. The average Bonchev–Trinajstić information content (AvgIpc) is 2.58. The lowest BCUT2D eigenvalue weighted by Gasteiger charge is -2.33. The number of halogens is 5. The molecule has 0 aliphatic heterocycles. The summed E-state index contributed by atoms with van der Waals surface area (Å²) in [7, 11) is -13.5. The van der Waals surface area contributed by atoms with Crippen molar-refractivity contribution in [2.75, 3.05) is 0 Å². The Kier molecular flexibility index (Phi) is 7.18. The van der Waals surface area contributed by atoms with Gasteiger partial charge in [-0.1, -0.05) is 20.8 Å². The molecular formula is C16H21F5O8S2. The first-order chi connectivity index (χ1) is 13.6. The Morgan fingerprint density at radius 2 is 1.23 bits per heavy atom. The molecule has 0 aliphatic rings. The Balaban J connectivity index is 3.68. The Morgan fingerprint density at radius 1 is 0.839 bits per heavy atom. The molecular weight excluding hydrogens is 479 g/mol. The largest absolute Gasteiger partial charge is 0.420 e. The number of hydrogen-bond donors (Lipinski definition) is 3. The fourth-order valence-corrected chi connectivity index (χ4v) is 4.15. The van der Waals surface area contributed by atoms with Gasteiger partial charge in [0.2, 0.25) is 0 Å². The first-order valence-corrected chi connectivity index (χ1v) is 11.2. The summed E-state index contributed by atoms with van der Waals surface area (Å²) in [6, 6.07) is 2.26. The molecule has 0 fully saturated rings. The third kappa shape index (κ3) is 4.65. The van der Waals surface area contributed by atoms with Crippen molar-refractivity contribution in [1.82, 2.24) is 0 Å². The van der Waals surface area contributed by atoms with E-state index in [-0.39, 0.29) is 0 Å². The zero-order valence-corrected chi connectivity index (χ0v) is 18.3. The van der Waals surface area contributed by atoms with Gasteiger partial charge in [0.15, 0.2) is 5.75 Å². The second-order valence-electron chi connectivity index (χ2n) is 7.74. The van der Waals surface area contributed by atoms with Crippen molar-refractivity contribution in [3.05, 3.63) is 28.8 Å². The Labute approximate surface area is 175 Å². The van der Waals surface area contributed by atoms with Crippen molar-refractivity contribution in [3.8, 4) is 5.75 Å². The van der Waals surface area contributed by atoms with Gasteiger partial charge < -0.3 is 14.4 Å². The molecule has 0 radical (unpaired) electrons. The molecule has 0 saturated carbocycles. The number of hydrogen-bond acceptors (Lipinski definition) is 7. The summed E-state index contributed by atoms with van der Waals surface area (Å²) in [4.78, 5) is 0. The van der Waals surface area contributed by atoms with E-state index < -0.39 is 78.8 Å². The molecule has 180 valence electrons. The standard InChI is InChI=1S/C16H21F5O8S2/c1-13(2,3)11-5-9(7-22)12(10(6-11)8-23)29-31(27,28)16(20,21)14(4,17)15(18,19)30(24,25)26/h5-6,22-23H,7-8H2,1-4H3,(H,24,25,26). The van der Waals surface area contributed by atoms with E-state index in [2.05, 4.69) is 4.18 Å². The molecule has 0 amide bonds. The lowest BCUT2D eigenvalue weighted by molar-refractivity contribution is -0.167. The van der Waals surface area contributed by atoms with Crippen LogP contribution in [-0.4, -0.2) is 47.8 Å². The van der Waals surface area contributed by atoms with Crippen LogP contribution in [0.15, 0.2) is 12.1 Å².